The third kappa shape index (κ3) is 4.84. The molecule has 0 spiro atoms. The summed E-state index contributed by atoms with van der Waals surface area (Å²) in [6, 6.07) is 6.93. The molecule has 0 bridgehead atoms. The van der Waals surface area contributed by atoms with Crippen LogP contribution in [0.25, 0.3) is 0 Å². The Kier molecular flexibility index (Phi) is 7.80. The molecular formula is C18H30. The zero-order valence-corrected chi connectivity index (χ0v) is 12.6. The molecule has 0 saturated carbocycles. The molecule has 102 valence electrons. The molecule has 1 aromatic rings. The van der Waals surface area contributed by atoms with Crippen molar-refractivity contribution in [3.8, 4) is 0 Å². The van der Waals surface area contributed by atoms with Crippen LogP contribution in [0.15, 0.2) is 18.2 Å². The normalized spacial score (nSPS) is 10.8. The molecule has 0 aliphatic heterocycles. The summed E-state index contributed by atoms with van der Waals surface area (Å²) in [5.41, 5.74) is 4.87. The average molecular weight is 246 g/mol. The lowest BCUT2D eigenvalue weighted by Gasteiger charge is -2.14. The molecule has 0 heteroatoms. The summed E-state index contributed by atoms with van der Waals surface area (Å²) in [5, 5.41) is 0. The van der Waals surface area contributed by atoms with Gasteiger partial charge in [0.2, 0.25) is 0 Å². The first-order chi connectivity index (χ1) is 8.83. The molecule has 0 aliphatic rings. The van der Waals surface area contributed by atoms with E-state index in [2.05, 4.69) is 39.0 Å². The molecule has 0 aromatic heterocycles. The van der Waals surface area contributed by atoms with Crippen LogP contribution < -0.4 is 0 Å². The minimum Gasteiger partial charge on any atom is -0.0654 e. The SMILES string of the molecule is CCCCCCc1cccc(CC)c1CCCC. The number of unbranched alkanes of at least 4 members (excludes halogenated alkanes) is 4. The predicted octanol–water partition coefficient (Wildman–Crippen LogP) is 5.71. The number of hydrogen-bond acceptors (Lipinski definition) is 0. The van der Waals surface area contributed by atoms with E-state index in [0.717, 1.165) is 0 Å². The van der Waals surface area contributed by atoms with Crippen molar-refractivity contribution < 1.29 is 0 Å². The Bertz CT molecular complexity index is 325. The highest BCUT2D eigenvalue weighted by molar-refractivity contribution is 5.35. The Labute approximate surface area is 114 Å². The van der Waals surface area contributed by atoms with Gasteiger partial charge in [0.05, 0.1) is 0 Å². The smallest absolute Gasteiger partial charge is 0.0274 e. The second-order valence-electron chi connectivity index (χ2n) is 5.32. The van der Waals surface area contributed by atoms with Crippen molar-refractivity contribution in [1.29, 1.82) is 0 Å². The number of rotatable bonds is 9. The lowest BCUT2D eigenvalue weighted by molar-refractivity contribution is 0.661. The molecule has 0 aliphatic carbocycles. The average Bonchev–Trinajstić information content (AvgIpc) is 2.41. The van der Waals surface area contributed by atoms with E-state index in [1.54, 1.807) is 16.7 Å². The van der Waals surface area contributed by atoms with Crippen LogP contribution in [0.2, 0.25) is 0 Å². The van der Waals surface area contributed by atoms with Gasteiger partial charge in [0.15, 0.2) is 0 Å². The fourth-order valence-corrected chi connectivity index (χ4v) is 2.67. The highest BCUT2D eigenvalue weighted by Gasteiger charge is 2.06. The molecule has 0 N–H and O–H groups in total. The van der Waals surface area contributed by atoms with Crippen LogP contribution in [0.1, 0.15) is 76.0 Å². The van der Waals surface area contributed by atoms with E-state index in [4.69, 9.17) is 0 Å². The summed E-state index contributed by atoms with van der Waals surface area (Å²) >= 11 is 0. The quantitative estimate of drug-likeness (QED) is 0.489. The predicted molar refractivity (Wildman–Crippen MR) is 82.3 cm³/mol. The first-order valence-electron chi connectivity index (χ1n) is 7.93. The minimum atomic E-state index is 1.18. The van der Waals surface area contributed by atoms with E-state index in [-0.39, 0.29) is 0 Å². The van der Waals surface area contributed by atoms with Gasteiger partial charge in [-0.2, -0.15) is 0 Å². The molecule has 0 saturated heterocycles. The van der Waals surface area contributed by atoms with E-state index in [1.807, 2.05) is 0 Å². The molecule has 0 radical (unpaired) electrons. The van der Waals surface area contributed by atoms with Crippen molar-refractivity contribution in [3.05, 3.63) is 34.9 Å². The number of benzene rings is 1. The Morgan fingerprint density at radius 2 is 1.44 bits per heavy atom. The fraction of sp³-hybridized carbons (Fsp3) is 0.667. The van der Waals surface area contributed by atoms with Crippen molar-refractivity contribution in [3.63, 3.8) is 0 Å². The number of hydrogen-bond donors (Lipinski definition) is 0. The highest BCUT2D eigenvalue weighted by atomic mass is 14.1. The van der Waals surface area contributed by atoms with Crippen LogP contribution in [0.3, 0.4) is 0 Å². The second-order valence-corrected chi connectivity index (χ2v) is 5.32. The topological polar surface area (TPSA) is 0 Å². The van der Waals surface area contributed by atoms with Gasteiger partial charge in [0.1, 0.15) is 0 Å². The van der Waals surface area contributed by atoms with Crippen LogP contribution in [0.5, 0.6) is 0 Å². The van der Waals surface area contributed by atoms with Crippen LogP contribution in [-0.4, -0.2) is 0 Å². The van der Waals surface area contributed by atoms with Gasteiger partial charge >= 0.3 is 0 Å². The molecule has 0 fully saturated rings. The maximum Gasteiger partial charge on any atom is -0.0274 e. The Hall–Kier alpha value is -0.780. The van der Waals surface area contributed by atoms with Gasteiger partial charge in [-0.3, -0.25) is 0 Å². The Balaban J connectivity index is 2.68. The Morgan fingerprint density at radius 1 is 0.722 bits per heavy atom. The van der Waals surface area contributed by atoms with Gasteiger partial charge in [0.25, 0.3) is 0 Å². The third-order valence-corrected chi connectivity index (χ3v) is 3.83. The lowest BCUT2D eigenvalue weighted by Crippen LogP contribution is -2.00. The van der Waals surface area contributed by atoms with Crippen molar-refractivity contribution >= 4 is 0 Å². The van der Waals surface area contributed by atoms with Gasteiger partial charge in [-0.1, -0.05) is 64.7 Å². The second kappa shape index (κ2) is 9.19. The van der Waals surface area contributed by atoms with Crippen molar-refractivity contribution in [2.75, 3.05) is 0 Å². The molecule has 0 unspecified atom stereocenters. The molecule has 0 nitrogen and oxygen atoms in total. The monoisotopic (exact) mass is 246 g/mol. The van der Waals surface area contributed by atoms with Gasteiger partial charge in [-0.15, -0.1) is 0 Å². The molecule has 1 rings (SSSR count). The summed E-state index contributed by atoms with van der Waals surface area (Å²) in [4.78, 5) is 0. The summed E-state index contributed by atoms with van der Waals surface area (Å²) in [6.45, 7) is 6.85. The maximum atomic E-state index is 2.36. The molecule has 0 atom stereocenters. The molecular weight excluding hydrogens is 216 g/mol. The van der Waals surface area contributed by atoms with E-state index >= 15 is 0 Å². The van der Waals surface area contributed by atoms with Crippen LogP contribution in [0, 0.1) is 0 Å². The molecule has 1 aromatic carbocycles. The van der Waals surface area contributed by atoms with Crippen LogP contribution in [-0.2, 0) is 19.3 Å². The van der Waals surface area contributed by atoms with Gasteiger partial charge in [-0.25, -0.2) is 0 Å². The molecule has 0 heterocycles. The van der Waals surface area contributed by atoms with Crippen LogP contribution in [0.4, 0.5) is 0 Å². The van der Waals surface area contributed by atoms with E-state index < -0.39 is 0 Å². The Morgan fingerprint density at radius 3 is 2.11 bits per heavy atom. The first-order valence-corrected chi connectivity index (χ1v) is 7.93. The summed E-state index contributed by atoms with van der Waals surface area (Å²) in [5.74, 6) is 0. The highest BCUT2D eigenvalue weighted by Crippen LogP contribution is 2.20. The lowest BCUT2D eigenvalue weighted by atomic mass is 9.92. The van der Waals surface area contributed by atoms with Crippen molar-refractivity contribution in [2.24, 2.45) is 0 Å². The largest absolute Gasteiger partial charge is 0.0654 e. The summed E-state index contributed by atoms with van der Waals surface area (Å²) in [7, 11) is 0. The third-order valence-electron chi connectivity index (χ3n) is 3.83. The fourth-order valence-electron chi connectivity index (χ4n) is 2.67. The minimum absolute atomic E-state index is 1.18. The van der Waals surface area contributed by atoms with E-state index in [1.165, 1.54) is 57.8 Å². The summed E-state index contributed by atoms with van der Waals surface area (Å²) < 4.78 is 0. The van der Waals surface area contributed by atoms with E-state index in [9.17, 15) is 0 Å². The first kappa shape index (κ1) is 15.3. The van der Waals surface area contributed by atoms with Gasteiger partial charge in [-0.05, 0) is 48.8 Å². The van der Waals surface area contributed by atoms with Crippen LogP contribution >= 0.6 is 0 Å². The maximum absolute atomic E-state index is 2.36. The summed E-state index contributed by atoms with van der Waals surface area (Å²) in [6.07, 6.45) is 11.8. The zero-order chi connectivity index (χ0) is 13.2. The van der Waals surface area contributed by atoms with Gasteiger partial charge < -0.3 is 0 Å². The molecule has 0 amide bonds. The van der Waals surface area contributed by atoms with Crippen molar-refractivity contribution in [2.45, 2.75) is 78.6 Å². The molecule has 18 heavy (non-hydrogen) atoms. The standard InChI is InChI=1S/C18H30/c1-4-7-9-10-12-17-14-11-13-16(6-3)18(17)15-8-5-2/h11,13-14H,4-10,12,15H2,1-3H3. The van der Waals surface area contributed by atoms with E-state index in [0.29, 0.717) is 0 Å². The van der Waals surface area contributed by atoms with Gasteiger partial charge in [0, 0.05) is 0 Å². The van der Waals surface area contributed by atoms with Crippen molar-refractivity contribution in [1.82, 2.24) is 0 Å². The number of aryl methyl sites for hydroxylation is 2. The zero-order valence-electron chi connectivity index (χ0n) is 12.6.